The predicted molar refractivity (Wildman–Crippen MR) is 202 cm³/mol. The summed E-state index contributed by atoms with van der Waals surface area (Å²) in [6.45, 7) is 2.19. The number of nitrogens with zero attached hydrogens (tertiary/aromatic N) is 9. The van der Waals surface area contributed by atoms with E-state index in [1.54, 1.807) is 47.5 Å². The molecule has 268 valence electrons. The zero-order chi connectivity index (χ0) is 37.2. The molecule has 3 heterocycles. The largest absolute Gasteiger partial charge is 0.320 e. The zero-order valence-electron chi connectivity index (χ0n) is 29.6. The molecule has 0 N–H and O–H groups in total. The van der Waals surface area contributed by atoms with E-state index in [0.29, 0.717) is 55.0 Å². The van der Waals surface area contributed by atoms with Crippen molar-refractivity contribution in [2.45, 2.75) is 12.8 Å². The van der Waals surface area contributed by atoms with Crippen molar-refractivity contribution in [3.63, 3.8) is 0 Å². The van der Waals surface area contributed by atoms with Crippen LogP contribution in [0.3, 0.4) is 0 Å². The molecule has 0 aliphatic rings. The Morgan fingerprint density at radius 3 is 1.60 bits per heavy atom. The number of pyridine rings is 3. The van der Waals surface area contributed by atoms with Gasteiger partial charge in [-0.3, -0.25) is 30.0 Å². The van der Waals surface area contributed by atoms with E-state index >= 15 is 0 Å². The van der Waals surface area contributed by atoms with E-state index < -0.39 is 15.6 Å². The highest BCUT2D eigenvalue weighted by Gasteiger charge is 2.29. The van der Waals surface area contributed by atoms with Gasteiger partial charge < -0.3 is 19.6 Å². The van der Waals surface area contributed by atoms with Gasteiger partial charge in [0, 0.05) is 60.5 Å². The molecule has 3 aromatic heterocycles. The van der Waals surface area contributed by atoms with Gasteiger partial charge in [0.2, 0.25) is 17.4 Å². The van der Waals surface area contributed by atoms with Crippen molar-refractivity contribution in [1.82, 2.24) is 24.8 Å². The maximum absolute atomic E-state index is 14.8. The second-order valence-electron chi connectivity index (χ2n) is 12.6. The van der Waals surface area contributed by atoms with E-state index in [4.69, 9.17) is 0 Å². The maximum atomic E-state index is 14.8. The van der Waals surface area contributed by atoms with Crippen molar-refractivity contribution >= 4 is 40.2 Å². The second-order valence-corrected chi connectivity index (χ2v) is 12.6. The lowest BCUT2D eigenvalue weighted by atomic mass is 9.95. The van der Waals surface area contributed by atoms with Crippen molar-refractivity contribution in [3.05, 3.63) is 135 Å². The van der Waals surface area contributed by atoms with Crippen LogP contribution < -0.4 is 9.80 Å². The molecule has 2 aromatic carbocycles. The van der Waals surface area contributed by atoms with Crippen LogP contribution in [0.2, 0.25) is 0 Å². The zero-order valence-corrected chi connectivity index (χ0v) is 29.6. The fourth-order valence-electron chi connectivity index (χ4n) is 6.02. The molecule has 14 nitrogen and oxygen atoms in total. The van der Waals surface area contributed by atoms with E-state index in [-0.39, 0.29) is 34.3 Å². The molecule has 0 fully saturated rings. The van der Waals surface area contributed by atoms with Gasteiger partial charge in [0.05, 0.1) is 21.2 Å². The standard InChI is InChI=1S/C38H41N9O5/c1-42(2)24-12-26-44(37-33(46(49)50)19-10-22-40-37)31-17-7-5-14-28(31)29-16-9-21-39-35(29)36(48)30-15-6-8-18-32(30)45(27-13-25-43(3)4)38-34(47(51)52)20-11-23-41-38/h5-11,14-23H,12-13,24-27H2,1-4H3. The van der Waals surface area contributed by atoms with E-state index in [1.165, 1.54) is 36.7 Å². The number of para-hydroxylation sites is 2. The highest BCUT2D eigenvalue weighted by Crippen LogP contribution is 2.40. The van der Waals surface area contributed by atoms with Gasteiger partial charge in [-0.25, -0.2) is 9.97 Å². The van der Waals surface area contributed by atoms with Crippen molar-refractivity contribution in [2.75, 3.05) is 64.2 Å². The van der Waals surface area contributed by atoms with Gasteiger partial charge >= 0.3 is 11.4 Å². The summed E-state index contributed by atoms with van der Waals surface area (Å²) in [7, 11) is 7.81. The van der Waals surface area contributed by atoms with Gasteiger partial charge in [0.15, 0.2) is 0 Å². The van der Waals surface area contributed by atoms with Crippen LogP contribution in [0.1, 0.15) is 28.9 Å². The van der Waals surface area contributed by atoms with Crippen LogP contribution in [0.4, 0.5) is 34.4 Å². The molecular formula is C38H41N9O5. The van der Waals surface area contributed by atoms with Gasteiger partial charge in [-0.2, -0.15) is 0 Å². The number of carbonyl (C=O) groups excluding carboxylic acids is 1. The van der Waals surface area contributed by atoms with Gasteiger partial charge in [-0.1, -0.05) is 36.4 Å². The average molecular weight is 704 g/mol. The summed E-state index contributed by atoms with van der Waals surface area (Å²) >= 11 is 0. The van der Waals surface area contributed by atoms with Crippen LogP contribution in [0, 0.1) is 20.2 Å². The first-order valence-electron chi connectivity index (χ1n) is 16.8. The number of anilines is 4. The van der Waals surface area contributed by atoms with E-state index in [9.17, 15) is 25.0 Å². The molecule has 0 radical (unpaired) electrons. The second kappa shape index (κ2) is 17.2. The summed E-state index contributed by atoms with van der Waals surface area (Å²) in [6.07, 6.45) is 5.87. The molecule has 0 spiro atoms. The molecule has 0 aliphatic heterocycles. The lowest BCUT2D eigenvalue weighted by Gasteiger charge is -2.27. The SMILES string of the molecule is CN(C)CCCN(c1ccccc1C(=O)c1ncccc1-c1ccccc1N(CCCN(C)C)c1ncccc1[N+](=O)[O-])c1ncccc1[N+](=O)[O-]. The molecule has 52 heavy (non-hydrogen) atoms. The Balaban J connectivity index is 1.64. The number of nitro groups is 2. The van der Waals surface area contributed by atoms with Crippen LogP contribution in [0.5, 0.6) is 0 Å². The smallest absolute Gasteiger partial charge is 0.311 e. The fourth-order valence-corrected chi connectivity index (χ4v) is 6.02. The lowest BCUT2D eigenvalue weighted by molar-refractivity contribution is -0.384. The molecule has 5 aromatic rings. The highest BCUT2D eigenvalue weighted by atomic mass is 16.6. The minimum absolute atomic E-state index is 0.128. The molecule has 5 rings (SSSR count). The Bertz CT molecular complexity index is 2040. The van der Waals surface area contributed by atoms with E-state index in [1.807, 2.05) is 67.2 Å². The van der Waals surface area contributed by atoms with E-state index in [0.717, 1.165) is 6.54 Å². The van der Waals surface area contributed by atoms with Crippen LogP contribution >= 0.6 is 0 Å². The lowest BCUT2D eigenvalue weighted by Crippen LogP contribution is -2.26. The summed E-state index contributed by atoms with van der Waals surface area (Å²) in [5, 5.41) is 24.3. The highest BCUT2D eigenvalue weighted by molar-refractivity contribution is 6.15. The van der Waals surface area contributed by atoms with Gasteiger partial charge in [-0.05, 0) is 90.5 Å². The third kappa shape index (κ3) is 8.60. The molecule has 0 saturated carbocycles. The number of rotatable bonds is 17. The third-order valence-corrected chi connectivity index (χ3v) is 8.36. The first-order chi connectivity index (χ1) is 25.1. The van der Waals surface area contributed by atoms with Crippen molar-refractivity contribution in [3.8, 4) is 11.1 Å². The maximum Gasteiger partial charge on any atom is 0.311 e. The predicted octanol–water partition coefficient (Wildman–Crippen LogP) is 6.77. The molecule has 0 bridgehead atoms. The minimum Gasteiger partial charge on any atom is -0.320 e. The van der Waals surface area contributed by atoms with Crippen molar-refractivity contribution in [1.29, 1.82) is 0 Å². The summed E-state index contributed by atoms with van der Waals surface area (Å²) in [6, 6.07) is 23.7. The summed E-state index contributed by atoms with van der Waals surface area (Å²) < 4.78 is 0. The Morgan fingerprint density at radius 1 is 0.577 bits per heavy atom. The summed E-state index contributed by atoms with van der Waals surface area (Å²) in [5.41, 5.74) is 2.32. The van der Waals surface area contributed by atoms with Crippen LogP contribution in [0.25, 0.3) is 11.1 Å². The van der Waals surface area contributed by atoms with Gasteiger partial charge in [0.1, 0.15) is 5.69 Å². The number of hydrogen-bond acceptors (Lipinski definition) is 12. The summed E-state index contributed by atoms with van der Waals surface area (Å²) in [5.74, 6) is -0.0882. The fraction of sp³-hybridized carbons (Fsp3) is 0.263. The van der Waals surface area contributed by atoms with Crippen molar-refractivity contribution < 1.29 is 14.6 Å². The summed E-state index contributed by atoms with van der Waals surface area (Å²) in [4.78, 5) is 59.2. The molecule has 0 saturated heterocycles. The van der Waals surface area contributed by atoms with Gasteiger partial charge in [-0.15, -0.1) is 0 Å². The number of carbonyl (C=O) groups is 1. The first kappa shape index (κ1) is 37.1. The number of ketones is 1. The Labute approximate surface area is 302 Å². The number of hydrogen-bond donors (Lipinski definition) is 0. The van der Waals surface area contributed by atoms with E-state index in [2.05, 4.69) is 15.0 Å². The molecule has 14 heteroatoms. The number of benzene rings is 2. The molecule has 0 amide bonds. The van der Waals surface area contributed by atoms with Crippen LogP contribution in [0.15, 0.2) is 104 Å². The van der Waals surface area contributed by atoms with Crippen LogP contribution in [-0.4, -0.2) is 94.8 Å². The Kier molecular flexibility index (Phi) is 12.3. The molecule has 0 atom stereocenters. The third-order valence-electron chi connectivity index (χ3n) is 8.36. The Morgan fingerprint density at radius 2 is 1.04 bits per heavy atom. The first-order valence-corrected chi connectivity index (χ1v) is 16.8. The average Bonchev–Trinajstić information content (AvgIpc) is 3.15. The van der Waals surface area contributed by atoms with Crippen LogP contribution in [-0.2, 0) is 0 Å². The molecular weight excluding hydrogens is 662 g/mol. The Hall–Kier alpha value is -6.12. The quantitative estimate of drug-likeness (QED) is 0.0570. The number of aromatic nitrogens is 3. The molecule has 0 unspecified atom stereocenters. The van der Waals surface area contributed by atoms with Crippen molar-refractivity contribution in [2.24, 2.45) is 0 Å². The van der Waals surface area contributed by atoms with Gasteiger partial charge in [0.25, 0.3) is 0 Å². The molecule has 0 aliphatic carbocycles. The monoisotopic (exact) mass is 703 g/mol. The topological polar surface area (TPSA) is 155 Å². The minimum atomic E-state index is -0.476. The normalized spacial score (nSPS) is 11.1.